The Balaban J connectivity index is 1.54. The molecule has 0 radical (unpaired) electrons. The summed E-state index contributed by atoms with van der Waals surface area (Å²) in [6.07, 6.45) is 3.44. The van der Waals surface area contributed by atoms with Gasteiger partial charge in [0.05, 0.1) is 36.1 Å². The van der Waals surface area contributed by atoms with Gasteiger partial charge in [-0.3, -0.25) is 9.59 Å². The van der Waals surface area contributed by atoms with Gasteiger partial charge in [0.15, 0.2) is 0 Å². The molecule has 1 aliphatic heterocycles. The Morgan fingerprint density at radius 2 is 1.91 bits per heavy atom. The molecule has 35 heavy (non-hydrogen) atoms. The normalized spacial score (nSPS) is 20.5. The minimum atomic E-state index is -1.15. The van der Waals surface area contributed by atoms with Crippen molar-refractivity contribution in [2.75, 3.05) is 18.6 Å². The Kier molecular flexibility index (Phi) is 8.21. The van der Waals surface area contributed by atoms with E-state index in [4.69, 9.17) is 16.3 Å². The molecule has 0 bridgehead atoms. The summed E-state index contributed by atoms with van der Waals surface area (Å²) in [4.78, 5) is 32.5. The zero-order chi connectivity index (χ0) is 24.9. The predicted molar refractivity (Wildman–Crippen MR) is 137 cm³/mol. The summed E-state index contributed by atoms with van der Waals surface area (Å²) in [5.74, 6) is -1.61. The summed E-state index contributed by atoms with van der Waals surface area (Å²) in [6.45, 7) is 1.71. The summed E-state index contributed by atoms with van der Waals surface area (Å²) < 4.78 is 5.85. The third-order valence-electron chi connectivity index (χ3n) is 6.77. The smallest absolute Gasteiger partial charge is 0.272 e. The fourth-order valence-corrected chi connectivity index (χ4v) is 4.69. The van der Waals surface area contributed by atoms with Crippen molar-refractivity contribution in [1.82, 2.24) is 5.32 Å². The van der Waals surface area contributed by atoms with Crippen molar-refractivity contribution in [3.63, 3.8) is 0 Å². The highest BCUT2D eigenvalue weighted by atomic mass is 35.5. The maximum absolute atomic E-state index is 13.3. The summed E-state index contributed by atoms with van der Waals surface area (Å²) in [5.41, 5.74) is 2.70. The maximum Gasteiger partial charge on any atom is 0.272 e. The van der Waals surface area contributed by atoms with Crippen LogP contribution >= 0.6 is 11.6 Å². The molecule has 0 saturated heterocycles. The van der Waals surface area contributed by atoms with Crippen molar-refractivity contribution < 1.29 is 19.4 Å². The van der Waals surface area contributed by atoms with Gasteiger partial charge in [-0.25, -0.2) is 4.99 Å². The second-order valence-electron chi connectivity index (χ2n) is 9.26. The number of anilines is 1. The molecular formula is C27H32ClN3O4. The average Bonchev–Trinajstić information content (AvgIpc) is 2.98. The number of ether oxygens (including phenoxy) is 1. The molecule has 2 aromatic rings. The van der Waals surface area contributed by atoms with Crippen LogP contribution in [0.5, 0.6) is 0 Å². The Morgan fingerprint density at radius 1 is 1.20 bits per heavy atom. The van der Waals surface area contributed by atoms with E-state index in [1.54, 1.807) is 32.2 Å². The highest BCUT2D eigenvalue weighted by Gasteiger charge is 2.33. The van der Waals surface area contributed by atoms with Crippen molar-refractivity contribution in [1.29, 1.82) is 0 Å². The van der Waals surface area contributed by atoms with Gasteiger partial charge in [0.25, 0.3) is 5.91 Å². The zero-order valence-corrected chi connectivity index (χ0v) is 20.9. The van der Waals surface area contributed by atoms with E-state index in [-0.39, 0.29) is 18.6 Å². The largest absolute Gasteiger partial charge is 0.390 e. The second kappa shape index (κ2) is 11.3. The van der Waals surface area contributed by atoms with Crippen LogP contribution in [-0.2, 0) is 14.3 Å². The first-order valence-corrected chi connectivity index (χ1v) is 12.5. The number of amides is 2. The fraction of sp³-hybridized carbons (Fsp3) is 0.444. The Hall–Kier alpha value is -2.74. The monoisotopic (exact) mass is 497 g/mol. The average molecular weight is 498 g/mol. The number of hydrogen-bond donors (Lipinski definition) is 2. The number of nitrogens with one attached hydrogen (secondary N) is 1. The molecule has 2 amide bonds. The minimum absolute atomic E-state index is 0.0836. The molecule has 2 aliphatic rings. The molecule has 0 spiro atoms. The van der Waals surface area contributed by atoms with E-state index in [0.29, 0.717) is 22.0 Å². The second-order valence-corrected chi connectivity index (χ2v) is 9.70. The van der Waals surface area contributed by atoms with E-state index >= 15 is 0 Å². The number of aliphatic imine (C=N–C) groups is 1. The number of aliphatic hydroxyl groups excluding tert-OH is 1. The number of carbonyl (C=O) groups is 2. The molecule has 2 aromatic carbocycles. The van der Waals surface area contributed by atoms with E-state index in [0.717, 1.165) is 31.2 Å². The molecule has 4 rings (SSSR count). The first-order valence-electron chi connectivity index (χ1n) is 12.2. The van der Waals surface area contributed by atoms with Crippen LogP contribution in [0.15, 0.2) is 53.5 Å². The molecule has 7 nitrogen and oxygen atoms in total. The molecule has 1 heterocycles. The lowest BCUT2D eigenvalue weighted by Gasteiger charge is -2.26. The van der Waals surface area contributed by atoms with Crippen LogP contribution in [0.4, 0.5) is 5.69 Å². The van der Waals surface area contributed by atoms with Crippen molar-refractivity contribution in [3.05, 3.63) is 64.7 Å². The molecule has 3 atom stereocenters. The van der Waals surface area contributed by atoms with Crippen LogP contribution in [-0.4, -0.2) is 54.7 Å². The Morgan fingerprint density at radius 3 is 2.63 bits per heavy atom. The van der Waals surface area contributed by atoms with Crippen molar-refractivity contribution in [2.24, 2.45) is 10.9 Å². The third-order valence-corrected chi connectivity index (χ3v) is 7.00. The molecule has 1 aliphatic carbocycles. The lowest BCUT2D eigenvalue weighted by Crippen LogP contribution is -2.49. The van der Waals surface area contributed by atoms with E-state index in [9.17, 15) is 14.7 Å². The van der Waals surface area contributed by atoms with Crippen LogP contribution in [0.3, 0.4) is 0 Å². The summed E-state index contributed by atoms with van der Waals surface area (Å²) in [7, 11) is 1.65. The molecular weight excluding hydrogens is 466 g/mol. The number of benzene rings is 2. The SMILES string of the molecule is CC(C(=O)NC1N=C(c2ccccc2)c2cc(Cl)ccc2N(C)C1=O)[C@H](O)COC1CCCCC1. The van der Waals surface area contributed by atoms with Gasteiger partial charge in [-0.1, -0.05) is 68.1 Å². The number of carbonyl (C=O) groups excluding carboxylic acids is 2. The Bertz CT molecular complexity index is 1090. The molecule has 1 fully saturated rings. The highest BCUT2D eigenvalue weighted by molar-refractivity contribution is 6.32. The lowest BCUT2D eigenvalue weighted by atomic mass is 9.97. The molecule has 0 aromatic heterocycles. The van der Waals surface area contributed by atoms with E-state index in [1.165, 1.54) is 11.3 Å². The first kappa shape index (κ1) is 25.4. The van der Waals surface area contributed by atoms with Crippen LogP contribution < -0.4 is 10.2 Å². The molecule has 1 saturated carbocycles. The number of likely N-dealkylation sites (N-methyl/N-ethyl adjacent to an activating group) is 1. The topological polar surface area (TPSA) is 91.2 Å². The predicted octanol–water partition coefficient (Wildman–Crippen LogP) is 3.94. The van der Waals surface area contributed by atoms with Gasteiger partial charge in [0.1, 0.15) is 0 Å². The van der Waals surface area contributed by atoms with Gasteiger partial charge >= 0.3 is 0 Å². The number of nitrogens with zero attached hydrogens (tertiary/aromatic N) is 2. The number of benzodiazepines with no additional fused rings is 1. The molecule has 2 unspecified atom stereocenters. The van der Waals surface area contributed by atoms with E-state index < -0.39 is 24.1 Å². The van der Waals surface area contributed by atoms with Crippen molar-refractivity contribution >= 4 is 34.8 Å². The van der Waals surface area contributed by atoms with Gasteiger partial charge < -0.3 is 20.1 Å². The van der Waals surface area contributed by atoms with Crippen LogP contribution in [0.25, 0.3) is 0 Å². The minimum Gasteiger partial charge on any atom is -0.390 e. The van der Waals surface area contributed by atoms with E-state index in [1.807, 2.05) is 30.3 Å². The number of aliphatic hydroxyl groups is 1. The number of halogens is 1. The van der Waals surface area contributed by atoms with Gasteiger partial charge in [-0.05, 0) is 31.0 Å². The number of rotatable bonds is 7. The fourth-order valence-electron chi connectivity index (χ4n) is 4.52. The first-order chi connectivity index (χ1) is 16.8. The number of hydrogen-bond acceptors (Lipinski definition) is 5. The van der Waals surface area contributed by atoms with Gasteiger partial charge in [-0.15, -0.1) is 0 Å². The Labute approximate surface area is 211 Å². The van der Waals surface area contributed by atoms with Crippen LogP contribution in [0.2, 0.25) is 5.02 Å². The third kappa shape index (κ3) is 5.92. The summed E-state index contributed by atoms with van der Waals surface area (Å²) >= 11 is 6.28. The summed E-state index contributed by atoms with van der Waals surface area (Å²) in [5, 5.41) is 13.9. The highest BCUT2D eigenvalue weighted by Crippen LogP contribution is 2.30. The van der Waals surface area contributed by atoms with Gasteiger partial charge in [0, 0.05) is 23.2 Å². The van der Waals surface area contributed by atoms with Crippen molar-refractivity contribution in [2.45, 2.75) is 57.4 Å². The molecule has 8 heteroatoms. The van der Waals surface area contributed by atoms with Crippen LogP contribution in [0, 0.1) is 5.92 Å². The molecule has 2 N–H and O–H groups in total. The van der Waals surface area contributed by atoms with Crippen LogP contribution in [0.1, 0.15) is 50.2 Å². The van der Waals surface area contributed by atoms with Crippen molar-refractivity contribution in [3.8, 4) is 0 Å². The standard InChI is InChI=1S/C27H32ClN3O4/c1-17(23(32)16-35-20-11-7-4-8-12-20)26(33)30-25-27(34)31(2)22-14-13-19(28)15-21(22)24(29-25)18-9-5-3-6-10-18/h3,5-6,9-10,13-15,17,20,23,25,32H,4,7-8,11-12,16H2,1-2H3,(H,30,33)/t17?,23-,25?/m1/s1. The quantitative estimate of drug-likeness (QED) is 0.606. The lowest BCUT2D eigenvalue weighted by molar-refractivity contribution is -0.134. The molecule has 186 valence electrons. The zero-order valence-electron chi connectivity index (χ0n) is 20.1. The number of fused-ring (bicyclic) bond motifs is 1. The van der Waals surface area contributed by atoms with E-state index in [2.05, 4.69) is 10.3 Å². The van der Waals surface area contributed by atoms with Gasteiger partial charge in [-0.2, -0.15) is 0 Å². The summed E-state index contributed by atoms with van der Waals surface area (Å²) in [6, 6.07) is 14.7. The maximum atomic E-state index is 13.3. The van der Waals surface area contributed by atoms with Gasteiger partial charge in [0.2, 0.25) is 12.1 Å².